The summed E-state index contributed by atoms with van der Waals surface area (Å²) in [7, 11) is 0. The number of allylic oxidation sites excluding steroid dienone is 1. The van der Waals surface area contributed by atoms with Gasteiger partial charge in [-0.1, -0.05) is 35.9 Å². The van der Waals surface area contributed by atoms with Crippen LogP contribution in [0.3, 0.4) is 0 Å². The van der Waals surface area contributed by atoms with E-state index in [1.165, 1.54) is 0 Å². The van der Waals surface area contributed by atoms with Crippen molar-refractivity contribution < 1.29 is 9.59 Å². The van der Waals surface area contributed by atoms with Gasteiger partial charge in [-0.25, -0.2) is 0 Å². The molecule has 2 heteroatoms. The number of ketones is 2. The van der Waals surface area contributed by atoms with Crippen LogP contribution in [0.4, 0.5) is 0 Å². The van der Waals surface area contributed by atoms with Gasteiger partial charge in [-0.05, 0) is 37.6 Å². The quantitative estimate of drug-likeness (QED) is 0.668. The van der Waals surface area contributed by atoms with E-state index in [2.05, 4.69) is 0 Å². The summed E-state index contributed by atoms with van der Waals surface area (Å²) in [5.41, 5.74) is 3.94. The first kappa shape index (κ1) is 12.5. The summed E-state index contributed by atoms with van der Waals surface area (Å²) >= 11 is 0. The molecule has 20 heavy (non-hydrogen) atoms. The van der Waals surface area contributed by atoms with Gasteiger partial charge < -0.3 is 0 Å². The van der Waals surface area contributed by atoms with Gasteiger partial charge in [0.05, 0.1) is 0 Å². The van der Waals surface area contributed by atoms with Crippen LogP contribution in [0.2, 0.25) is 0 Å². The maximum atomic E-state index is 12.5. The molecule has 0 aliphatic heterocycles. The Morgan fingerprint density at radius 2 is 1.40 bits per heavy atom. The molecule has 0 bridgehead atoms. The Balaban J connectivity index is 2.23. The zero-order valence-electron chi connectivity index (χ0n) is 11.4. The van der Waals surface area contributed by atoms with Crippen LogP contribution in [0.25, 0.3) is 6.08 Å². The molecule has 3 rings (SSSR count). The van der Waals surface area contributed by atoms with Gasteiger partial charge in [0.2, 0.25) is 0 Å². The molecule has 0 N–H and O–H groups in total. The van der Waals surface area contributed by atoms with E-state index < -0.39 is 0 Å². The van der Waals surface area contributed by atoms with Gasteiger partial charge in [0.25, 0.3) is 0 Å². The van der Waals surface area contributed by atoms with E-state index >= 15 is 0 Å². The number of rotatable bonds is 1. The Bertz CT molecular complexity index is 767. The predicted molar refractivity (Wildman–Crippen MR) is 79.2 cm³/mol. The van der Waals surface area contributed by atoms with Gasteiger partial charge >= 0.3 is 0 Å². The third-order valence-corrected chi connectivity index (χ3v) is 3.56. The summed E-state index contributed by atoms with van der Waals surface area (Å²) in [6.07, 6.45) is 3.83. The fourth-order valence-corrected chi connectivity index (χ4v) is 2.58. The summed E-state index contributed by atoms with van der Waals surface area (Å²) in [5, 5.41) is 0. The van der Waals surface area contributed by atoms with Gasteiger partial charge in [-0.15, -0.1) is 0 Å². The fourth-order valence-electron chi connectivity index (χ4n) is 2.58. The molecule has 0 amide bonds. The summed E-state index contributed by atoms with van der Waals surface area (Å²) in [5.74, 6) is -0.133. The molecule has 0 spiro atoms. The lowest BCUT2D eigenvalue weighted by Gasteiger charge is -2.18. The Kier molecular flexibility index (Phi) is 2.87. The first-order chi connectivity index (χ1) is 9.61. The van der Waals surface area contributed by atoms with E-state index in [1.807, 2.05) is 38.1 Å². The van der Waals surface area contributed by atoms with E-state index in [1.54, 1.807) is 24.3 Å². The Hall–Kier alpha value is -2.48. The van der Waals surface area contributed by atoms with Crippen LogP contribution < -0.4 is 0 Å². The van der Waals surface area contributed by atoms with Crippen molar-refractivity contribution in [3.63, 3.8) is 0 Å². The number of fused-ring (bicyclic) bond motifs is 2. The van der Waals surface area contributed by atoms with Crippen molar-refractivity contribution in [1.82, 2.24) is 0 Å². The molecule has 1 aliphatic rings. The fraction of sp³-hybridized carbons (Fsp3) is 0.111. The van der Waals surface area contributed by atoms with Crippen LogP contribution in [0.1, 0.15) is 49.9 Å². The second-order valence-electron chi connectivity index (χ2n) is 5.01. The van der Waals surface area contributed by atoms with Gasteiger partial charge in [0.15, 0.2) is 11.6 Å². The van der Waals surface area contributed by atoms with Crippen molar-refractivity contribution in [2.24, 2.45) is 0 Å². The minimum Gasteiger partial charge on any atom is -0.289 e. The van der Waals surface area contributed by atoms with Crippen molar-refractivity contribution in [3.05, 3.63) is 75.9 Å². The molecule has 0 radical (unpaired) electrons. The molecule has 2 nitrogen and oxygen atoms in total. The second-order valence-corrected chi connectivity index (χ2v) is 5.01. The van der Waals surface area contributed by atoms with Crippen molar-refractivity contribution in [2.45, 2.75) is 13.8 Å². The number of carbonyl (C=O) groups is 2. The zero-order valence-corrected chi connectivity index (χ0v) is 11.4. The summed E-state index contributed by atoms with van der Waals surface area (Å²) in [6.45, 7) is 3.84. The van der Waals surface area contributed by atoms with E-state index in [4.69, 9.17) is 0 Å². The van der Waals surface area contributed by atoms with Crippen molar-refractivity contribution in [2.75, 3.05) is 0 Å². The molecule has 1 aliphatic carbocycles. The summed E-state index contributed by atoms with van der Waals surface area (Å²) < 4.78 is 0. The molecule has 0 fully saturated rings. The molecule has 0 saturated heterocycles. The van der Waals surface area contributed by atoms with Crippen molar-refractivity contribution in [1.29, 1.82) is 0 Å². The lowest BCUT2D eigenvalue weighted by molar-refractivity contribution is 0.0979. The Morgan fingerprint density at radius 1 is 0.800 bits per heavy atom. The van der Waals surface area contributed by atoms with Crippen LogP contribution in [0.15, 0.2) is 42.5 Å². The lowest BCUT2D eigenvalue weighted by Crippen LogP contribution is -2.21. The maximum Gasteiger partial charge on any atom is 0.194 e. The molecular formula is C18H14O2. The first-order valence-corrected chi connectivity index (χ1v) is 6.58. The second kappa shape index (κ2) is 4.57. The minimum atomic E-state index is -0.0686. The third-order valence-electron chi connectivity index (χ3n) is 3.56. The van der Waals surface area contributed by atoms with Crippen LogP contribution in [-0.4, -0.2) is 11.6 Å². The van der Waals surface area contributed by atoms with Crippen molar-refractivity contribution >= 4 is 17.6 Å². The van der Waals surface area contributed by atoms with Gasteiger partial charge in [0.1, 0.15) is 0 Å². The molecule has 0 saturated carbocycles. The van der Waals surface area contributed by atoms with E-state index in [9.17, 15) is 9.59 Å². The average molecular weight is 262 g/mol. The molecule has 2 aromatic carbocycles. The van der Waals surface area contributed by atoms with Crippen LogP contribution in [-0.2, 0) is 0 Å². The largest absolute Gasteiger partial charge is 0.289 e. The minimum absolute atomic E-state index is 0.0645. The highest BCUT2D eigenvalue weighted by atomic mass is 16.1. The number of carbonyl (C=O) groups excluding carboxylic acids is 2. The predicted octanol–water partition coefficient (Wildman–Crippen LogP) is 3.80. The first-order valence-electron chi connectivity index (χ1n) is 6.58. The molecule has 2 aromatic rings. The molecule has 0 heterocycles. The lowest BCUT2D eigenvalue weighted by atomic mass is 9.82. The topological polar surface area (TPSA) is 34.1 Å². The van der Waals surface area contributed by atoms with Crippen LogP contribution in [0, 0.1) is 6.92 Å². The molecule has 98 valence electrons. The normalized spacial score (nSPS) is 13.5. The smallest absolute Gasteiger partial charge is 0.194 e. The molecular weight excluding hydrogens is 248 g/mol. The number of benzene rings is 2. The highest BCUT2D eigenvalue weighted by Crippen LogP contribution is 2.28. The maximum absolute atomic E-state index is 12.5. The Morgan fingerprint density at radius 3 is 2.05 bits per heavy atom. The average Bonchev–Trinajstić information content (AvgIpc) is 2.45. The molecule has 0 unspecified atom stereocenters. The number of hydrogen-bond donors (Lipinski definition) is 0. The highest BCUT2D eigenvalue weighted by molar-refractivity contribution is 6.28. The van der Waals surface area contributed by atoms with E-state index in [0.29, 0.717) is 22.3 Å². The summed E-state index contributed by atoms with van der Waals surface area (Å²) in [4.78, 5) is 25.0. The van der Waals surface area contributed by atoms with Crippen molar-refractivity contribution in [3.8, 4) is 0 Å². The van der Waals surface area contributed by atoms with E-state index in [-0.39, 0.29) is 11.6 Å². The summed E-state index contributed by atoms with van der Waals surface area (Å²) in [6, 6.07) is 10.8. The third kappa shape index (κ3) is 1.81. The monoisotopic (exact) mass is 262 g/mol. The highest BCUT2D eigenvalue weighted by Gasteiger charge is 2.29. The van der Waals surface area contributed by atoms with Gasteiger partial charge in [-0.2, -0.15) is 0 Å². The van der Waals surface area contributed by atoms with E-state index in [0.717, 1.165) is 11.1 Å². The van der Waals surface area contributed by atoms with Gasteiger partial charge in [0, 0.05) is 22.3 Å². The SMILES string of the molecule is C/C=C/c1ccc2c(c1)C(=O)c1ccc(C)cc1C2=O. The Labute approximate surface area is 117 Å². The number of hydrogen-bond acceptors (Lipinski definition) is 2. The van der Waals surface area contributed by atoms with Gasteiger partial charge in [-0.3, -0.25) is 9.59 Å². The van der Waals surface area contributed by atoms with Crippen LogP contribution in [0.5, 0.6) is 0 Å². The zero-order chi connectivity index (χ0) is 14.3. The number of aryl methyl sites for hydroxylation is 1. The molecule has 0 aromatic heterocycles. The standard InChI is InChI=1S/C18H14O2/c1-3-4-12-6-8-14-16(10-12)18(20)13-7-5-11(2)9-15(13)17(14)19/h3-10H,1-2H3/b4-3+. The molecule has 0 atom stereocenters. The van der Waals surface area contributed by atoms with Crippen LogP contribution >= 0.6 is 0 Å².